The van der Waals surface area contributed by atoms with E-state index in [1.54, 1.807) is 0 Å². The SMILES string of the molecule is CC12CCCCC1(C)N1c3cccc(S)c3B(c3cccc(-c4ccccc4)c3)c3cccc2c31. The molecular weight excluding hydrogens is 441 g/mol. The maximum absolute atomic E-state index is 5.07. The van der Waals surface area contributed by atoms with E-state index in [1.807, 2.05) is 0 Å². The van der Waals surface area contributed by atoms with Crippen LogP contribution < -0.4 is 21.3 Å². The summed E-state index contributed by atoms with van der Waals surface area (Å²) >= 11 is 5.07. The van der Waals surface area contributed by atoms with Gasteiger partial charge in [0, 0.05) is 21.7 Å². The van der Waals surface area contributed by atoms with Crippen LogP contribution in [-0.2, 0) is 5.41 Å². The minimum absolute atomic E-state index is 0.0802. The van der Waals surface area contributed by atoms with E-state index >= 15 is 0 Å². The average Bonchev–Trinajstić information content (AvgIpc) is 3.11. The Hall–Kier alpha value is -2.91. The minimum Gasteiger partial charge on any atom is -0.335 e. The molecule has 35 heavy (non-hydrogen) atoms. The fourth-order valence-corrected chi connectivity index (χ4v) is 7.79. The largest absolute Gasteiger partial charge is 0.335 e. The van der Waals surface area contributed by atoms with Crippen LogP contribution >= 0.6 is 12.6 Å². The molecule has 2 aliphatic heterocycles. The Bertz CT molecular complexity index is 1460. The van der Waals surface area contributed by atoms with Crippen molar-refractivity contribution in [2.45, 2.75) is 55.4 Å². The van der Waals surface area contributed by atoms with E-state index < -0.39 is 0 Å². The van der Waals surface area contributed by atoms with Gasteiger partial charge < -0.3 is 4.90 Å². The number of hydrogen-bond donors (Lipinski definition) is 1. The van der Waals surface area contributed by atoms with E-state index in [1.165, 1.54) is 70.1 Å². The molecule has 3 heteroatoms. The molecule has 1 fully saturated rings. The zero-order valence-electron chi connectivity index (χ0n) is 20.5. The van der Waals surface area contributed by atoms with Crippen molar-refractivity contribution in [3.8, 4) is 11.1 Å². The highest BCUT2D eigenvalue weighted by Gasteiger charge is 2.60. The van der Waals surface area contributed by atoms with Gasteiger partial charge in [-0.2, -0.15) is 0 Å². The van der Waals surface area contributed by atoms with Crippen LogP contribution in [0.15, 0.2) is 95.9 Å². The van der Waals surface area contributed by atoms with Gasteiger partial charge in [-0.3, -0.25) is 0 Å². The molecule has 172 valence electrons. The van der Waals surface area contributed by atoms with Crippen molar-refractivity contribution in [3.63, 3.8) is 0 Å². The molecule has 4 aromatic rings. The van der Waals surface area contributed by atoms with E-state index in [4.69, 9.17) is 12.6 Å². The predicted octanol–water partition coefficient (Wildman–Crippen LogP) is 6.21. The lowest BCUT2D eigenvalue weighted by atomic mass is 9.35. The molecule has 0 spiro atoms. The van der Waals surface area contributed by atoms with Gasteiger partial charge in [0.25, 0.3) is 0 Å². The summed E-state index contributed by atoms with van der Waals surface area (Å²) in [6, 6.07) is 33.7. The molecular formula is C32H30BNS. The number of hydrogen-bond acceptors (Lipinski definition) is 2. The lowest BCUT2D eigenvalue weighted by Crippen LogP contribution is -2.62. The van der Waals surface area contributed by atoms with Gasteiger partial charge in [-0.15, -0.1) is 12.6 Å². The summed E-state index contributed by atoms with van der Waals surface area (Å²) < 4.78 is 0. The second-order valence-corrected chi connectivity index (χ2v) is 11.5. The molecule has 3 aliphatic rings. The van der Waals surface area contributed by atoms with Crippen molar-refractivity contribution < 1.29 is 0 Å². The van der Waals surface area contributed by atoms with Gasteiger partial charge >= 0.3 is 0 Å². The van der Waals surface area contributed by atoms with E-state index in [9.17, 15) is 0 Å². The average molecular weight is 471 g/mol. The van der Waals surface area contributed by atoms with Crippen LogP contribution in [0.4, 0.5) is 11.4 Å². The van der Waals surface area contributed by atoms with Gasteiger partial charge in [0.15, 0.2) is 0 Å². The second-order valence-electron chi connectivity index (χ2n) is 11.0. The molecule has 1 saturated carbocycles. The molecule has 0 radical (unpaired) electrons. The van der Waals surface area contributed by atoms with Crippen LogP contribution in [-0.4, -0.2) is 12.3 Å². The first-order chi connectivity index (χ1) is 17.0. The van der Waals surface area contributed by atoms with Gasteiger partial charge in [0.1, 0.15) is 0 Å². The second kappa shape index (κ2) is 7.55. The first kappa shape index (κ1) is 21.4. The predicted molar refractivity (Wildman–Crippen MR) is 153 cm³/mol. The van der Waals surface area contributed by atoms with Crippen molar-refractivity contribution in [1.29, 1.82) is 0 Å². The van der Waals surface area contributed by atoms with Crippen LogP contribution in [0.25, 0.3) is 11.1 Å². The first-order valence-electron chi connectivity index (χ1n) is 12.9. The lowest BCUT2D eigenvalue weighted by molar-refractivity contribution is 0.195. The fraction of sp³-hybridized carbons (Fsp3) is 0.250. The third-order valence-corrected chi connectivity index (χ3v) is 9.78. The Labute approximate surface area is 214 Å². The van der Waals surface area contributed by atoms with Gasteiger partial charge in [0.05, 0.1) is 5.54 Å². The normalized spacial score (nSPS) is 24.1. The topological polar surface area (TPSA) is 3.24 Å². The number of nitrogens with zero attached hydrogens (tertiary/aromatic N) is 1. The van der Waals surface area contributed by atoms with E-state index in [0.29, 0.717) is 0 Å². The monoisotopic (exact) mass is 471 g/mol. The van der Waals surface area contributed by atoms with Crippen molar-refractivity contribution in [2.75, 3.05) is 4.90 Å². The molecule has 7 rings (SSSR count). The summed E-state index contributed by atoms with van der Waals surface area (Å²) in [5.41, 5.74) is 11.2. The summed E-state index contributed by atoms with van der Waals surface area (Å²) in [4.78, 5) is 3.81. The molecule has 0 bridgehead atoms. The molecule has 2 atom stereocenters. The maximum atomic E-state index is 5.07. The zero-order valence-corrected chi connectivity index (χ0v) is 21.4. The summed E-state index contributed by atoms with van der Waals surface area (Å²) in [6.45, 7) is 5.21. The smallest absolute Gasteiger partial charge is 0.248 e. The van der Waals surface area contributed by atoms with Crippen LogP contribution in [0.5, 0.6) is 0 Å². The van der Waals surface area contributed by atoms with Crippen molar-refractivity contribution >= 4 is 47.1 Å². The number of anilines is 2. The standard InChI is InChI=1S/C32H30BNS/c1-31-19-6-7-20-32(31,2)34-27-17-10-18-28(35)29(27)33(26-16-9-15-25(31)30(26)34)24-14-8-13-23(21-24)22-11-4-3-5-12-22/h3-5,8-18,21,35H,6-7,19-20H2,1-2H3. The Morgan fingerprint density at radius 2 is 1.51 bits per heavy atom. The fourth-order valence-electron chi connectivity index (χ4n) is 7.46. The van der Waals surface area contributed by atoms with E-state index in [0.717, 1.165) is 4.90 Å². The Balaban J connectivity index is 1.51. The lowest BCUT2D eigenvalue weighted by Gasteiger charge is -2.51. The molecule has 0 amide bonds. The van der Waals surface area contributed by atoms with E-state index in [-0.39, 0.29) is 17.7 Å². The number of para-hydroxylation sites is 1. The third-order valence-electron chi connectivity index (χ3n) is 9.39. The molecule has 2 heterocycles. The molecule has 0 N–H and O–H groups in total. The third kappa shape index (κ3) is 2.79. The Kier molecular flexibility index (Phi) is 4.61. The van der Waals surface area contributed by atoms with Gasteiger partial charge in [-0.05, 0) is 59.5 Å². The number of thiol groups is 1. The number of rotatable bonds is 2. The highest BCUT2D eigenvalue weighted by molar-refractivity contribution is 7.80. The highest BCUT2D eigenvalue weighted by Crippen LogP contribution is 2.60. The summed E-state index contributed by atoms with van der Waals surface area (Å²) in [6.07, 6.45) is 5.08. The van der Waals surface area contributed by atoms with E-state index in [2.05, 4.69) is 110 Å². The van der Waals surface area contributed by atoms with Crippen LogP contribution in [0.1, 0.15) is 45.1 Å². The minimum atomic E-state index is 0.0802. The first-order valence-corrected chi connectivity index (χ1v) is 13.4. The molecule has 4 aromatic carbocycles. The highest BCUT2D eigenvalue weighted by atomic mass is 32.1. The van der Waals surface area contributed by atoms with Crippen molar-refractivity contribution in [3.05, 3.63) is 96.6 Å². The quantitative estimate of drug-likeness (QED) is 0.269. The van der Waals surface area contributed by atoms with Crippen LogP contribution in [0.3, 0.4) is 0 Å². The van der Waals surface area contributed by atoms with Crippen LogP contribution in [0.2, 0.25) is 0 Å². The molecule has 0 aromatic heterocycles. The molecule has 0 saturated heterocycles. The molecule has 1 aliphatic carbocycles. The van der Waals surface area contributed by atoms with Gasteiger partial charge in [-0.1, -0.05) is 104 Å². The summed E-state index contributed by atoms with van der Waals surface area (Å²) in [5, 5.41) is 0. The maximum Gasteiger partial charge on any atom is 0.248 e. The van der Waals surface area contributed by atoms with Crippen molar-refractivity contribution in [1.82, 2.24) is 0 Å². The van der Waals surface area contributed by atoms with Crippen molar-refractivity contribution in [2.24, 2.45) is 0 Å². The summed E-state index contributed by atoms with van der Waals surface area (Å²) in [7, 11) is 0. The number of fused-ring (bicyclic) bond motifs is 5. The summed E-state index contributed by atoms with van der Waals surface area (Å²) in [5.74, 6) is 0. The molecule has 2 unspecified atom stereocenters. The Morgan fingerprint density at radius 3 is 2.37 bits per heavy atom. The zero-order chi connectivity index (χ0) is 23.8. The van der Waals surface area contributed by atoms with Crippen LogP contribution in [0, 0.1) is 0 Å². The Morgan fingerprint density at radius 1 is 0.771 bits per heavy atom. The van der Waals surface area contributed by atoms with Gasteiger partial charge in [0.2, 0.25) is 6.71 Å². The number of benzene rings is 4. The molecule has 1 nitrogen and oxygen atoms in total. The van der Waals surface area contributed by atoms with Gasteiger partial charge in [-0.25, -0.2) is 0 Å².